The van der Waals surface area contributed by atoms with Crippen LogP contribution >= 0.6 is 0 Å². The third kappa shape index (κ3) is 4.08. The SMILES string of the molecule is NC(=O)c1ccc(-n2c3ccccc3c3c(-c4nc5ccc(F)cc5[nH]4)cccc32)cc1N[C@H]1CC[C@H](O)CC1. The second kappa shape index (κ2) is 9.50. The normalized spacial score (nSPS) is 17.6. The van der Waals surface area contributed by atoms with Crippen molar-refractivity contribution >= 4 is 44.4 Å². The fourth-order valence-corrected chi connectivity index (χ4v) is 6.05. The Bertz CT molecular complexity index is 1920. The van der Waals surface area contributed by atoms with Crippen LogP contribution < -0.4 is 11.1 Å². The molecule has 200 valence electrons. The fraction of sp³-hybridized carbons (Fsp3) is 0.188. The summed E-state index contributed by atoms with van der Waals surface area (Å²) in [4.78, 5) is 20.4. The van der Waals surface area contributed by atoms with E-state index in [1.165, 1.54) is 12.1 Å². The number of para-hydroxylation sites is 1. The number of amides is 1. The van der Waals surface area contributed by atoms with Gasteiger partial charge in [0.05, 0.1) is 33.7 Å². The van der Waals surface area contributed by atoms with Crippen molar-refractivity contribution in [3.05, 3.63) is 90.2 Å². The van der Waals surface area contributed by atoms with Gasteiger partial charge >= 0.3 is 0 Å². The summed E-state index contributed by atoms with van der Waals surface area (Å²) in [6, 6.07) is 24.6. The van der Waals surface area contributed by atoms with Gasteiger partial charge < -0.3 is 25.7 Å². The molecule has 0 bridgehead atoms. The van der Waals surface area contributed by atoms with Gasteiger partial charge in [0.25, 0.3) is 5.91 Å². The van der Waals surface area contributed by atoms with Gasteiger partial charge in [0, 0.05) is 33.8 Å². The fourth-order valence-electron chi connectivity index (χ4n) is 6.05. The molecule has 0 unspecified atom stereocenters. The molecule has 0 aliphatic heterocycles. The van der Waals surface area contributed by atoms with Crippen LogP contribution in [-0.4, -0.2) is 37.7 Å². The molecule has 2 heterocycles. The molecule has 6 aromatic rings. The minimum absolute atomic E-state index is 0.152. The number of imidazole rings is 1. The standard InChI is InChI=1S/C32H28FN5O2/c33-18-8-15-25-27(16-18)37-32(36-25)24-5-3-7-29-30(24)23-4-1-2-6-28(23)38(29)20-11-14-22(31(34)40)26(17-20)35-19-9-12-21(39)13-10-19/h1-8,11,14-17,19,21,35,39H,9-10,12-13H2,(H2,34,40)(H,36,37)/t19-,21-. The zero-order valence-corrected chi connectivity index (χ0v) is 21.7. The van der Waals surface area contributed by atoms with Crippen molar-refractivity contribution in [1.82, 2.24) is 14.5 Å². The Balaban J connectivity index is 1.41. The van der Waals surface area contributed by atoms with Gasteiger partial charge in [-0.05, 0) is 74.2 Å². The predicted molar refractivity (Wildman–Crippen MR) is 156 cm³/mol. The second-order valence-electron chi connectivity index (χ2n) is 10.5. The summed E-state index contributed by atoms with van der Waals surface area (Å²) in [6.07, 6.45) is 2.84. The summed E-state index contributed by atoms with van der Waals surface area (Å²) < 4.78 is 16.1. The van der Waals surface area contributed by atoms with E-state index in [2.05, 4.69) is 33.1 Å². The van der Waals surface area contributed by atoms with Crippen molar-refractivity contribution in [1.29, 1.82) is 0 Å². The maximum atomic E-state index is 13.9. The van der Waals surface area contributed by atoms with Crippen molar-refractivity contribution < 1.29 is 14.3 Å². The van der Waals surface area contributed by atoms with Crippen molar-refractivity contribution in [3.63, 3.8) is 0 Å². The van der Waals surface area contributed by atoms with Gasteiger partial charge in [0.2, 0.25) is 0 Å². The van der Waals surface area contributed by atoms with Crippen molar-refractivity contribution in [2.45, 2.75) is 37.8 Å². The van der Waals surface area contributed by atoms with Gasteiger partial charge in [-0.25, -0.2) is 9.37 Å². The van der Waals surface area contributed by atoms with E-state index in [9.17, 15) is 14.3 Å². The predicted octanol–water partition coefficient (Wildman–Crippen LogP) is 6.28. The zero-order valence-electron chi connectivity index (χ0n) is 21.7. The molecule has 0 atom stereocenters. The summed E-state index contributed by atoms with van der Waals surface area (Å²) >= 11 is 0. The maximum Gasteiger partial charge on any atom is 0.250 e. The summed E-state index contributed by atoms with van der Waals surface area (Å²) in [7, 11) is 0. The second-order valence-corrected chi connectivity index (χ2v) is 10.5. The third-order valence-electron chi connectivity index (χ3n) is 7.98. The number of halogens is 1. The number of aliphatic hydroxyl groups is 1. The Morgan fingerprint density at radius 2 is 1.77 bits per heavy atom. The molecular formula is C32H28FN5O2. The van der Waals surface area contributed by atoms with E-state index in [1.807, 2.05) is 36.4 Å². The lowest BCUT2D eigenvalue weighted by atomic mass is 9.92. The van der Waals surface area contributed by atoms with Crippen LogP contribution in [0.2, 0.25) is 0 Å². The number of nitrogens with two attached hydrogens (primary N) is 1. The van der Waals surface area contributed by atoms with Crippen LogP contribution in [0.15, 0.2) is 78.9 Å². The number of nitrogens with one attached hydrogen (secondary N) is 2. The van der Waals surface area contributed by atoms with Gasteiger partial charge in [-0.1, -0.05) is 30.3 Å². The lowest BCUT2D eigenvalue weighted by molar-refractivity contribution is 0.100. The summed E-state index contributed by atoms with van der Waals surface area (Å²) in [6.45, 7) is 0. The number of aliphatic hydroxyl groups excluding tert-OH is 1. The number of fused-ring (bicyclic) bond motifs is 4. The average Bonchev–Trinajstić information content (AvgIpc) is 3.53. The van der Waals surface area contributed by atoms with Crippen LogP contribution in [0.3, 0.4) is 0 Å². The monoisotopic (exact) mass is 533 g/mol. The zero-order chi connectivity index (χ0) is 27.4. The number of aromatic amines is 1. The Morgan fingerprint density at radius 1 is 0.975 bits per heavy atom. The van der Waals surface area contributed by atoms with Crippen LogP contribution in [0, 0.1) is 5.82 Å². The minimum atomic E-state index is -0.490. The number of primary amides is 1. The van der Waals surface area contributed by atoms with E-state index in [4.69, 9.17) is 10.7 Å². The molecule has 1 fully saturated rings. The van der Waals surface area contributed by atoms with E-state index in [0.717, 1.165) is 58.7 Å². The van der Waals surface area contributed by atoms with Crippen LogP contribution in [0.25, 0.3) is 49.9 Å². The molecular weight excluding hydrogens is 505 g/mol. The molecule has 1 aliphatic rings. The number of rotatable bonds is 5. The smallest absolute Gasteiger partial charge is 0.250 e. The molecule has 7 nitrogen and oxygen atoms in total. The minimum Gasteiger partial charge on any atom is -0.393 e. The van der Waals surface area contributed by atoms with Crippen LogP contribution in [-0.2, 0) is 0 Å². The van der Waals surface area contributed by atoms with E-state index in [1.54, 1.807) is 12.1 Å². The number of nitrogens with zero attached hydrogens (tertiary/aromatic N) is 2. The molecule has 1 aliphatic carbocycles. The highest BCUT2D eigenvalue weighted by molar-refractivity contribution is 6.15. The molecule has 40 heavy (non-hydrogen) atoms. The molecule has 1 saturated carbocycles. The number of anilines is 1. The number of carbonyl (C=O) groups excluding carboxylic acids is 1. The molecule has 2 aromatic heterocycles. The number of carbonyl (C=O) groups is 1. The van der Waals surface area contributed by atoms with Gasteiger partial charge in [0.15, 0.2) is 0 Å². The lowest BCUT2D eigenvalue weighted by Gasteiger charge is -2.28. The van der Waals surface area contributed by atoms with Crippen LogP contribution in [0.5, 0.6) is 0 Å². The first-order valence-corrected chi connectivity index (χ1v) is 13.5. The van der Waals surface area contributed by atoms with Crippen molar-refractivity contribution in [2.24, 2.45) is 5.73 Å². The molecule has 4 aromatic carbocycles. The molecule has 1 amide bonds. The maximum absolute atomic E-state index is 13.9. The number of hydrogen-bond acceptors (Lipinski definition) is 4. The molecule has 0 saturated heterocycles. The van der Waals surface area contributed by atoms with Crippen LogP contribution in [0.1, 0.15) is 36.0 Å². The largest absolute Gasteiger partial charge is 0.393 e. The summed E-state index contributed by atoms with van der Waals surface area (Å²) in [5, 5.41) is 15.5. The van der Waals surface area contributed by atoms with E-state index < -0.39 is 5.91 Å². The Kier molecular flexibility index (Phi) is 5.78. The lowest BCUT2D eigenvalue weighted by Crippen LogP contribution is -2.29. The van der Waals surface area contributed by atoms with Crippen LogP contribution in [0.4, 0.5) is 10.1 Å². The highest BCUT2D eigenvalue weighted by Gasteiger charge is 2.22. The molecule has 0 radical (unpaired) electrons. The average molecular weight is 534 g/mol. The first-order valence-electron chi connectivity index (χ1n) is 13.5. The van der Waals surface area contributed by atoms with Gasteiger partial charge in [0.1, 0.15) is 11.6 Å². The number of hydrogen-bond donors (Lipinski definition) is 4. The Morgan fingerprint density at radius 3 is 2.60 bits per heavy atom. The quantitative estimate of drug-likeness (QED) is 0.209. The summed E-state index contributed by atoms with van der Waals surface area (Å²) in [5.74, 6) is -0.138. The third-order valence-corrected chi connectivity index (χ3v) is 7.98. The molecule has 0 spiro atoms. The topological polar surface area (TPSA) is 109 Å². The van der Waals surface area contributed by atoms with E-state index in [-0.39, 0.29) is 18.0 Å². The first-order chi connectivity index (χ1) is 19.5. The number of aromatic nitrogens is 3. The number of benzene rings is 4. The first kappa shape index (κ1) is 24.4. The Labute approximate surface area is 229 Å². The molecule has 7 rings (SSSR count). The highest BCUT2D eigenvalue weighted by atomic mass is 19.1. The van der Waals surface area contributed by atoms with E-state index in [0.29, 0.717) is 28.1 Å². The van der Waals surface area contributed by atoms with Crippen molar-refractivity contribution in [3.8, 4) is 17.1 Å². The Hall–Kier alpha value is -4.69. The van der Waals surface area contributed by atoms with Crippen molar-refractivity contribution in [2.75, 3.05) is 5.32 Å². The molecule has 5 N–H and O–H groups in total. The molecule has 8 heteroatoms. The van der Waals surface area contributed by atoms with Gasteiger partial charge in [-0.2, -0.15) is 0 Å². The highest BCUT2D eigenvalue weighted by Crippen LogP contribution is 2.39. The number of H-pyrrole nitrogens is 1. The van der Waals surface area contributed by atoms with Gasteiger partial charge in [-0.3, -0.25) is 4.79 Å². The summed E-state index contributed by atoms with van der Waals surface area (Å²) in [5.41, 5.74) is 12.0. The van der Waals surface area contributed by atoms with Gasteiger partial charge in [-0.15, -0.1) is 0 Å². The van der Waals surface area contributed by atoms with E-state index >= 15 is 0 Å².